The van der Waals surface area contributed by atoms with E-state index in [4.69, 9.17) is 0 Å². The molecule has 1 saturated carbocycles. The van der Waals surface area contributed by atoms with E-state index in [-0.39, 0.29) is 5.91 Å². The molecule has 0 unspecified atom stereocenters. The number of aliphatic carboxylic acids is 1. The summed E-state index contributed by atoms with van der Waals surface area (Å²) < 4.78 is 0. The molecule has 0 aliphatic heterocycles. The first kappa shape index (κ1) is 13.6. The molecule has 1 heterocycles. The van der Waals surface area contributed by atoms with Crippen molar-refractivity contribution in [2.75, 3.05) is 0 Å². The SMILES string of the molecule is O=C(NC1(C(=O)O)CCCCC1)c1cc2c(s1)CCC2. The second kappa shape index (κ2) is 5.20. The Labute approximate surface area is 122 Å². The minimum atomic E-state index is -1.05. The molecular formula is C15H19NO3S. The Hall–Kier alpha value is -1.36. The number of hydrogen-bond acceptors (Lipinski definition) is 3. The van der Waals surface area contributed by atoms with Crippen LogP contribution in [0.2, 0.25) is 0 Å². The second-order valence-electron chi connectivity index (χ2n) is 5.81. The Morgan fingerprint density at radius 1 is 1.15 bits per heavy atom. The largest absolute Gasteiger partial charge is 0.480 e. The van der Waals surface area contributed by atoms with Crippen molar-refractivity contribution in [3.05, 3.63) is 21.4 Å². The van der Waals surface area contributed by atoms with Crippen LogP contribution >= 0.6 is 11.3 Å². The number of carboxylic acids is 1. The van der Waals surface area contributed by atoms with Gasteiger partial charge in [-0.25, -0.2) is 4.79 Å². The quantitative estimate of drug-likeness (QED) is 0.900. The van der Waals surface area contributed by atoms with E-state index in [0.717, 1.165) is 32.1 Å². The van der Waals surface area contributed by atoms with E-state index in [1.807, 2.05) is 6.07 Å². The summed E-state index contributed by atoms with van der Waals surface area (Å²) in [6.45, 7) is 0. The number of fused-ring (bicyclic) bond motifs is 1. The van der Waals surface area contributed by atoms with Crippen molar-refractivity contribution in [2.24, 2.45) is 0 Å². The van der Waals surface area contributed by atoms with Crippen molar-refractivity contribution in [1.29, 1.82) is 0 Å². The van der Waals surface area contributed by atoms with Crippen LogP contribution in [0.1, 0.15) is 58.6 Å². The van der Waals surface area contributed by atoms with Crippen molar-refractivity contribution in [3.63, 3.8) is 0 Å². The van der Waals surface area contributed by atoms with Crippen LogP contribution in [0.4, 0.5) is 0 Å². The summed E-state index contributed by atoms with van der Waals surface area (Å²) in [5, 5.41) is 12.3. The third-order valence-corrected chi connectivity index (χ3v) is 5.68. The summed E-state index contributed by atoms with van der Waals surface area (Å²) in [5.41, 5.74) is 0.220. The standard InChI is InChI=1S/C15H19NO3S/c17-13(12-9-10-5-4-6-11(10)20-12)16-15(14(18)19)7-2-1-3-8-15/h9H,1-8H2,(H,16,17)(H,18,19). The first-order chi connectivity index (χ1) is 9.61. The second-order valence-corrected chi connectivity index (χ2v) is 6.95. The maximum absolute atomic E-state index is 12.4. The van der Waals surface area contributed by atoms with Gasteiger partial charge in [0.25, 0.3) is 5.91 Å². The highest BCUT2D eigenvalue weighted by Gasteiger charge is 2.41. The van der Waals surface area contributed by atoms with Crippen molar-refractivity contribution in [2.45, 2.75) is 56.9 Å². The fraction of sp³-hybridized carbons (Fsp3) is 0.600. The number of nitrogens with one attached hydrogen (secondary N) is 1. The monoisotopic (exact) mass is 293 g/mol. The lowest BCUT2D eigenvalue weighted by atomic mass is 9.81. The maximum Gasteiger partial charge on any atom is 0.329 e. The summed E-state index contributed by atoms with van der Waals surface area (Å²) in [5.74, 6) is -1.11. The van der Waals surface area contributed by atoms with E-state index < -0.39 is 11.5 Å². The van der Waals surface area contributed by atoms with Crippen LogP contribution in [-0.2, 0) is 17.6 Å². The Kier molecular flexibility index (Phi) is 3.54. The fourth-order valence-corrected chi connectivity index (χ4v) is 4.42. The van der Waals surface area contributed by atoms with Crippen LogP contribution in [0, 0.1) is 0 Å². The zero-order chi connectivity index (χ0) is 14.2. The highest BCUT2D eigenvalue weighted by Crippen LogP contribution is 2.32. The van der Waals surface area contributed by atoms with Crippen LogP contribution in [0.3, 0.4) is 0 Å². The summed E-state index contributed by atoms with van der Waals surface area (Å²) in [6.07, 6.45) is 7.14. The van der Waals surface area contributed by atoms with E-state index in [1.54, 1.807) is 0 Å². The molecule has 2 N–H and O–H groups in total. The van der Waals surface area contributed by atoms with Crippen molar-refractivity contribution in [1.82, 2.24) is 5.32 Å². The van der Waals surface area contributed by atoms with Gasteiger partial charge in [-0.1, -0.05) is 19.3 Å². The fourth-order valence-electron chi connectivity index (χ4n) is 3.27. The first-order valence-electron chi connectivity index (χ1n) is 7.28. The van der Waals surface area contributed by atoms with Gasteiger partial charge in [0.05, 0.1) is 4.88 Å². The number of aryl methyl sites for hydroxylation is 2. The van der Waals surface area contributed by atoms with Gasteiger partial charge in [0.1, 0.15) is 5.54 Å². The van der Waals surface area contributed by atoms with E-state index >= 15 is 0 Å². The smallest absolute Gasteiger partial charge is 0.329 e. The van der Waals surface area contributed by atoms with Gasteiger partial charge < -0.3 is 10.4 Å². The molecule has 108 valence electrons. The minimum Gasteiger partial charge on any atom is -0.480 e. The van der Waals surface area contributed by atoms with E-state index in [2.05, 4.69) is 5.32 Å². The predicted molar refractivity (Wildman–Crippen MR) is 77.3 cm³/mol. The van der Waals surface area contributed by atoms with Crippen molar-refractivity contribution < 1.29 is 14.7 Å². The number of thiophene rings is 1. The Morgan fingerprint density at radius 3 is 2.55 bits per heavy atom. The Bertz CT molecular complexity index is 522. The number of carboxylic acid groups (broad SMARTS) is 1. The van der Waals surface area contributed by atoms with E-state index in [1.165, 1.54) is 28.2 Å². The Balaban J connectivity index is 1.77. The highest BCUT2D eigenvalue weighted by atomic mass is 32.1. The lowest BCUT2D eigenvalue weighted by Crippen LogP contribution is -2.55. The topological polar surface area (TPSA) is 66.4 Å². The lowest BCUT2D eigenvalue weighted by molar-refractivity contribution is -0.145. The molecule has 4 nitrogen and oxygen atoms in total. The van der Waals surface area contributed by atoms with E-state index in [9.17, 15) is 14.7 Å². The molecular weight excluding hydrogens is 274 g/mol. The summed E-state index contributed by atoms with van der Waals surface area (Å²) in [7, 11) is 0. The van der Waals surface area contributed by atoms with Crippen molar-refractivity contribution >= 4 is 23.2 Å². The zero-order valence-electron chi connectivity index (χ0n) is 11.4. The lowest BCUT2D eigenvalue weighted by Gasteiger charge is -2.33. The van der Waals surface area contributed by atoms with E-state index in [0.29, 0.717) is 17.7 Å². The molecule has 1 aromatic rings. The summed E-state index contributed by atoms with van der Waals surface area (Å²) in [6, 6.07) is 1.95. The molecule has 1 aromatic heterocycles. The number of rotatable bonds is 3. The molecule has 1 fully saturated rings. The normalized spacial score (nSPS) is 20.4. The molecule has 0 saturated heterocycles. The molecule has 0 spiro atoms. The van der Waals surface area contributed by atoms with Crippen molar-refractivity contribution in [3.8, 4) is 0 Å². The molecule has 5 heteroatoms. The molecule has 0 radical (unpaired) electrons. The van der Waals surface area contributed by atoms with Crippen LogP contribution in [0.5, 0.6) is 0 Å². The van der Waals surface area contributed by atoms with Gasteiger partial charge in [-0.05, 0) is 43.7 Å². The van der Waals surface area contributed by atoms with Gasteiger partial charge in [-0.3, -0.25) is 4.79 Å². The van der Waals surface area contributed by atoms with Gasteiger partial charge >= 0.3 is 5.97 Å². The Morgan fingerprint density at radius 2 is 1.90 bits per heavy atom. The van der Waals surface area contributed by atoms with Gasteiger partial charge in [0.2, 0.25) is 0 Å². The molecule has 0 aromatic carbocycles. The van der Waals surface area contributed by atoms with Gasteiger partial charge in [0.15, 0.2) is 0 Å². The van der Waals surface area contributed by atoms with Crippen LogP contribution in [-0.4, -0.2) is 22.5 Å². The molecule has 0 bridgehead atoms. The molecule has 0 atom stereocenters. The van der Waals surface area contributed by atoms with Gasteiger partial charge in [-0.2, -0.15) is 0 Å². The minimum absolute atomic E-state index is 0.214. The third kappa shape index (κ3) is 2.35. The third-order valence-electron chi connectivity index (χ3n) is 4.44. The summed E-state index contributed by atoms with van der Waals surface area (Å²) in [4.78, 5) is 25.9. The summed E-state index contributed by atoms with van der Waals surface area (Å²) >= 11 is 1.52. The number of carbonyl (C=O) groups is 2. The van der Waals surface area contributed by atoms with Crippen LogP contribution in [0.15, 0.2) is 6.07 Å². The van der Waals surface area contributed by atoms with Crippen LogP contribution < -0.4 is 5.32 Å². The zero-order valence-corrected chi connectivity index (χ0v) is 12.2. The number of hydrogen-bond donors (Lipinski definition) is 2. The number of carbonyl (C=O) groups excluding carboxylic acids is 1. The predicted octanol–water partition coefficient (Wildman–Crippen LogP) is 2.75. The number of amides is 1. The van der Waals surface area contributed by atoms with Gasteiger partial charge in [0, 0.05) is 4.88 Å². The molecule has 2 aliphatic carbocycles. The highest BCUT2D eigenvalue weighted by molar-refractivity contribution is 7.14. The van der Waals surface area contributed by atoms with Gasteiger partial charge in [-0.15, -0.1) is 11.3 Å². The first-order valence-corrected chi connectivity index (χ1v) is 8.10. The molecule has 2 aliphatic rings. The average Bonchev–Trinajstić information content (AvgIpc) is 3.00. The van der Waals surface area contributed by atoms with Crippen LogP contribution in [0.25, 0.3) is 0 Å². The molecule has 1 amide bonds. The maximum atomic E-state index is 12.4. The molecule has 20 heavy (non-hydrogen) atoms. The molecule has 3 rings (SSSR count). The average molecular weight is 293 g/mol.